The number of benzene rings is 2. The van der Waals surface area contributed by atoms with Gasteiger partial charge in [0.2, 0.25) is 0 Å². The first-order chi connectivity index (χ1) is 7.40. The van der Waals surface area contributed by atoms with Crippen molar-refractivity contribution < 1.29 is 5.02 Å². The molecule has 2 aromatic carbocycles. The molecule has 0 spiro atoms. The van der Waals surface area contributed by atoms with E-state index in [0.717, 1.165) is 21.9 Å². The number of rotatable bonds is 1. The molecule has 0 fully saturated rings. The Morgan fingerprint density at radius 2 is 1.73 bits per heavy atom. The van der Waals surface area contributed by atoms with Crippen LogP contribution in [-0.4, -0.2) is 17.5 Å². The van der Waals surface area contributed by atoms with Crippen LogP contribution in [0.3, 0.4) is 0 Å². The van der Waals surface area contributed by atoms with Crippen LogP contribution in [0.15, 0.2) is 42.5 Å². The summed E-state index contributed by atoms with van der Waals surface area (Å²) in [7, 11) is 0.0825. The Morgan fingerprint density at radius 1 is 0.933 bits per heavy atom. The van der Waals surface area contributed by atoms with Gasteiger partial charge in [0.1, 0.15) is 0 Å². The number of aromatic amines is 1. The zero-order valence-corrected chi connectivity index (χ0v) is 8.20. The van der Waals surface area contributed by atoms with Gasteiger partial charge in [-0.1, -0.05) is 30.3 Å². The number of aromatic nitrogens is 1. The Hall–Kier alpha value is -1.74. The maximum Gasteiger partial charge on any atom is 0.305 e. The fourth-order valence-electron chi connectivity index (χ4n) is 2.11. The van der Waals surface area contributed by atoms with Crippen molar-refractivity contribution in [1.29, 1.82) is 0 Å². The molecule has 0 saturated heterocycles. The number of fused-ring (bicyclic) bond motifs is 3. The van der Waals surface area contributed by atoms with Crippen molar-refractivity contribution in [3.8, 4) is 0 Å². The highest BCUT2D eigenvalue weighted by Crippen LogP contribution is 2.22. The summed E-state index contributed by atoms with van der Waals surface area (Å²) in [5.74, 6) is 0. The smallest absolute Gasteiger partial charge is 0.305 e. The van der Waals surface area contributed by atoms with Gasteiger partial charge in [0.05, 0.1) is 0 Å². The summed E-state index contributed by atoms with van der Waals surface area (Å²) in [6.45, 7) is 0. The SMILES string of the molecule is OBc1cccc2[nH]c3ccccc3c12. The minimum Gasteiger partial charge on any atom is -0.449 e. The van der Waals surface area contributed by atoms with Crippen molar-refractivity contribution >= 4 is 34.8 Å². The Kier molecular flexibility index (Phi) is 1.79. The Labute approximate surface area is 87.8 Å². The third-order valence-electron chi connectivity index (χ3n) is 2.79. The molecule has 2 nitrogen and oxygen atoms in total. The van der Waals surface area contributed by atoms with Crippen LogP contribution in [0.4, 0.5) is 0 Å². The van der Waals surface area contributed by atoms with Gasteiger partial charge in [-0.15, -0.1) is 0 Å². The molecule has 72 valence electrons. The van der Waals surface area contributed by atoms with Crippen molar-refractivity contribution in [3.05, 3.63) is 42.5 Å². The molecule has 3 rings (SSSR count). The van der Waals surface area contributed by atoms with Crippen molar-refractivity contribution in [2.24, 2.45) is 0 Å². The van der Waals surface area contributed by atoms with E-state index in [1.165, 1.54) is 5.39 Å². The maximum atomic E-state index is 9.30. The van der Waals surface area contributed by atoms with Crippen molar-refractivity contribution in [2.75, 3.05) is 0 Å². The molecule has 0 amide bonds. The minimum absolute atomic E-state index is 0.0825. The van der Waals surface area contributed by atoms with E-state index in [1.54, 1.807) is 0 Å². The van der Waals surface area contributed by atoms with Crippen LogP contribution in [-0.2, 0) is 0 Å². The Morgan fingerprint density at radius 3 is 2.60 bits per heavy atom. The van der Waals surface area contributed by atoms with Gasteiger partial charge < -0.3 is 10.0 Å². The zero-order chi connectivity index (χ0) is 10.3. The first-order valence-electron chi connectivity index (χ1n) is 4.99. The molecule has 0 aliphatic carbocycles. The van der Waals surface area contributed by atoms with Crippen LogP contribution in [0.1, 0.15) is 0 Å². The van der Waals surface area contributed by atoms with E-state index in [4.69, 9.17) is 0 Å². The van der Waals surface area contributed by atoms with Gasteiger partial charge in [0, 0.05) is 21.8 Å². The highest BCUT2D eigenvalue weighted by atomic mass is 16.2. The zero-order valence-electron chi connectivity index (χ0n) is 8.20. The lowest BCUT2D eigenvalue weighted by atomic mass is 9.85. The minimum atomic E-state index is 0.0825. The van der Waals surface area contributed by atoms with Crippen molar-refractivity contribution in [2.45, 2.75) is 0 Å². The second-order valence-electron chi connectivity index (χ2n) is 3.67. The molecule has 15 heavy (non-hydrogen) atoms. The van der Waals surface area contributed by atoms with Gasteiger partial charge in [0.25, 0.3) is 0 Å². The second kappa shape index (κ2) is 3.14. The molecule has 1 aromatic heterocycles. The third-order valence-corrected chi connectivity index (χ3v) is 2.79. The fourth-order valence-corrected chi connectivity index (χ4v) is 2.11. The fraction of sp³-hybridized carbons (Fsp3) is 0. The maximum absolute atomic E-state index is 9.30. The molecular weight excluding hydrogens is 185 g/mol. The summed E-state index contributed by atoms with van der Waals surface area (Å²) < 4.78 is 0. The van der Waals surface area contributed by atoms with Crippen LogP contribution in [0, 0.1) is 0 Å². The lowest BCUT2D eigenvalue weighted by Crippen LogP contribution is -2.13. The first-order valence-corrected chi connectivity index (χ1v) is 4.99. The summed E-state index contributed by atoms with van der Waals surface area (Å²) in [4.78, 5) is 3.34. The van der Waals surface area contributed by atoms with Crippen molar-refractivity contribution in [3.63, 3.8) is 0 Å². The molecule has 3 aromatic rings. The molecule has 1 heterocycles. The van der Waals surface area contributed by atoms with E-state index in [0.29, 0.717) is 0 Å². The average molecular weight is 195 g/mol. The summed E-state index contributed by atoms with van der Waals surface area (Å²) >= 11 is 0. The van der Waals surface area contributed by atoms with Crippen LogP contribution in [0.25, 0.3) is 21.8 Å². The largest absolute Gasteiger partial charge is 0.449 e. The monoisotopic (exact) mass is 195 g/mol. The van der Waals surface area contributed by atoms with Gasteiger partial charge in [-0.25, -0.2) is 0 Å². The van der Waals surface area contributed by atoms with E-state index in [2.05, 4.69) is 17.1 Å². The summed E-state index contributed by atoms with van der Waals surface area (Å²) in [6, 6.07) is 14.1. The molecule has 0 atom stereocenters. The van der Waals surface area contributed by atoms with E-state index in [1.807, 2.05) is 30.3 Å². The van der Waals surface area contributed by atoms with E-state index >= 15 is 0 Å². The van der Waals surface area contributed by atoms with Gasteiger partial charge in [-0.2, -0.15) is 0 Å². The van der Waals surface area contributed by atoms with Gasteiger partial charge >= 0.3 is 7.48 Å². The number of H-pyrrole nitrogens is 1. The highest BCUT2D eigenvalue weighted by Gasteiger charge is 2.07. The molecule has 0 unspecified atom stereocenters. The molecular formula is C12H10BNO. The quantitative estimate of drug-likeness (QED) is 0.564. The van der Waals surface area contributed by atoms with Crippen molar-refractivity contribution in [1.82, 2.24) is 4.98 Å². The molecule has 0 aliphatic rings. The topological polar surface area (TPSA) is 36.0 Å². The van der Waals surface area contributed by atoms with Crippen LogP contribution >= 0.6 is 0 Å². The van der Waals surface area contributed by atoms with E-state index < -0.39 is 0 Å². The Bertz CT molecular complexity index is 630. The standard InChI is InChI=1S/C12H10BNO/c15-13-9-5-3-7-11-12(9)8-4-1-2-6-10(8)14-11/h1-7,13-15H. The summed E-state index contributed by atoms with van der Waals surface area (Å²) in [5, 5.41) is 11.6. The first kappa shape index (κ1) is 8.56. The molecule has 0 saturated carbocycles. The number of para-hydroxylation sites is 1. The molecule has 0 aliphatic heterocycles. The molecule has 0 radical (unpaired) electrons. The number of hydrogen-bond acceptors (Lipinski definition) is 1. The highest BCUT2D eigenvalue weighted by molar-refractivity contribution is 6.51. The van der Waals surface area contributed by atoms with Crippen LogP contribution < -0.4 is 5.46 Å². The predicted molar refractivity (Wildman–Crippen MR) is 64.8 cm³/mol. The third kappa shape index (κ3) is 1.17. The Balaban J connectivity index is 2.56. The van der Waals surface area contributed by atoms with Gasteiger partial charge in [-0.3, -0.25) is 0 Å². The van der Waals surface area contributed by atoms with Crippen LogP contribution in [0.5, 0.6) is 0 Å². The predicted octanol–water partition coefficient (Wildman–Crippen LogP) is 1.29. The molecule has 0 bridgehead atoms. The number of nitrogens with one attached hydrogen (secondary N) is 1. The van der Waals surface area contributed by atoms with E-state index in [9.17, 15) is 5.02 Å². The molecule has 2 N–H and O–H groups in total. The summed E-state index contributed by atoms with van der Waals surface area (Å²) in [5.41, 5.74) is 3.18. The lowest BCUT2D eigenvalue weighted by molar-refractivity contribution is 0.616. The summed E-state index contributed by atoms with van der Waals surface area (Å²) in [6.07, 6.45) is 0. The van der Waals surface area contributed by atoms with Gasteiger partial charge in [0.15, 0.2) is 0 Å². The normalized spacial score (nSPS) is 11.0. The van der Waals surface area contributed by atoms with Gasteiger partial charge in [-0.05, 0) is 17.6 Å². The number of hydrogen-bond donors (Lipinski definition) is 2. The second-order valence-corrected chi connectivity index (χ2v) is 3.67. The average Bonchev–Trinajstić information content (AvgIpc) is 2.67. The molecule has 3 heteroatoms. The lowest BCUT2D eigenvalue weighted by Gasteiger charge is -1.97. The van der Waals surface area contributed by atoms with Crippen LogP contribution in [0.2, 0.25) is 0 Å². The van der Waals surface area contributed by atoms with E-state index in [-0.39, 0.29) is 7.48 Å².